The van der Waals surface area contributed by atoms with E-state index in [1.807, 2.05) is 78.9 Å². The zero-order valence-electron chi connectivity index (χ0n) is 20.2. The Morgan fingerprint density at radius 2 is 1.66 bits per heavy atom. The van der Waals surface area contributed by atoms with E-state index >= 15 is 0 Å². The molecular formula is C29H29N3O3. The predicted molar refractivity (Wildman–Crippen MR) is 139 cm³/mol. The summed E-state index contributed by atoms with van der Waals surface area (Å²) >= 11 is 0. The fourth-order valence-corrected chi connectivity index (χ4v) is 5.02. The molecule has 6 heteroatoms. The molecule has 0 aromatic heterocycles. The van der Waals surface area contributed by atoms with Crippen LogP contribution in [-0.4, -0.2) is 18.9 Å². The van der Waals surface area contributed by atoms with E-state index in [2.05, 4.69) is 24.5 Å². The number of methoxy groups -OCH3 is 1. The van der Waals surface area contributed by atoms with Crippen molar-refractivity contribution in [2.45, 2.75) is 32.7 Å². The van der Waals surface area contributed by atoms with Gasteiger partial charge in [-0.1, -0.05) is 56.3 Å². The smallest absolute Gasteiger partial charge is 0.327 e. The molecule has 3 aromatic rings. The van der Waals surface area contributed by atoms with Crippen LogP contribution in [0.25, 0.3) is 0 Å². The monoisotopic (exact) mass is 467 g/mol. The average molecular weight is 468 g/mol. The number of ether oxygens (including phenoxy) is 1. The van der Waals surface area contributed by atoms with Crippen molar-refractivity contribution >= 4 is 28.9 Å². The summed E-state index contributed by atoms with van der Waals surface area (Å²) in [4.78, 5) is 29.3. The second-order valence-electron chi connectivity index (χ2n) is 9.82. The van der Waals surface area contributed by atoms with Crippen molar-refractivity contribution in [3.05, 3.63) is 95.7 Å². The first-order valence-corrected chi connectivity index (χ1v) is 11.8. The van der Waals surface area contributed by atoms with Crippen molar-refractivity contribution in [3.63, 3.8) is 0 Å². The number of nitrogens with one attached hydrogen (secondary N) is 2. The second-order valence-corrected chi connectivity index (χ2v) is 9.82. The molecule has 0 unspecified atom stereocenters. The Hall–Kier alpha value is -4.06. The van der Waals surface area contributed by atoms with Crippen molar-refractivity contribution in [2.75, 3.05) is 22.6 Å². The van der Waals surface area contributed by atoms with Crippen LogP contribution in [0.5, 0.6) is 5.75 Å². The number of hydrogen-bond donors (Lipinski definition) is 2. The quantitative estimate of drug-likeness (QED) is 0.459. The molecule has 0 radical (unpaired) electrons. The van der Waals surface area contributed by atoms with E-state index in [0.717, 1.165) is 16.9 Å². The number of amides is 2. The average Bonchev–Trinajstić information content (AvgIpc) is 2.98. The Balaban J connectivity index is 1.71. The van der Waals surface area contributed by atoms with E-state index < -0.39 is 6.04 Å². The Morgan fingerprint density at radius 1 is 0.971 bits per heavy atom. The number of para-hydroxylation sites is 3. The highest BCUT2D eigenvalue weighted by Gasteiger charge is 2.43. The number of nitrogens with zero attached hydrogens (tertiary/aromatic N) is 1. The molecule has 6 nitrogen and oxygen atoms in total. The van der Waals surface area contributed by atoms with Gasteiger partial charge in [-0.15, -0.1) is 0 Å². The molecule has 178 valence electrons. The van der Waals surface area contributed by atoms with Crippen LogP contribution in [-0.2, 0) is 4.79 Å². The summed E-state index contributed by atoms with van der Waals surface area (Å²) in [5.41, 5.74) is 4.36. The van der Waals surface area contributed by atoms with Gasteiger partial charge in [-0.2, -0.15) is 0 Å². The van der Waals surface area contributed by atoms with Crippen molar-refractivity contribution in [1.82, 2.24) is 0 Å². The van der Waals surface area contributed by atoms with E-state index in [0.29, 0.717) is 35.5 Å². The molecule has 1 aliphatic heterocycles. The number of urea groups is 1. The summed E-state index contributed by atoms with van der Waals surface area (Å²) in [6.07, 6.45) is 1.13. The summed E-state index contributed by atoms with van der Waals surface area (Å²) < 4.78 is 5.36. The van der Waals surface area contributed by atoms with Crippen LogP contribution in [0.15, 0.2) is 90.1 Å². The maximum Gasteiger partial charge on any atom is 0.327 e. The van der Waals surface area contributed by atoms with Gasteiger partial charge in [0.25, 0.3) is 0 Å². The minimum absolute atomic E-state index is 0.0508. The van der Waals surface area contributed by atoms with Gasteiger partial charge < -0.3 is 15.4 Å². The molecule has 0 spiro atoms. The van der Waals surface area contributed by atoms with E-state index in [4.69, 9.17) is 4.74 Å². The molecule has 0 saturated heterocycles. The molecule has 35 heavy (non-hydrogen) atoms. The third kappa shape index (κ3) is 4.39. The third-order valence-electron chi connectivity index (χ3n) is 6.58. The number of rotatable bonds is 3. The summed E-state index contributed by atoms with van der Waals surface area (Å²) in [5.74, 6) is 0.765. The number of hydrogen-bond acceptors (Lipinski definition) is 4. The Kier molecular flexibility index (Phi) is 5.81. The predicted octanol–water partition coefficient (Wildman–Crippen LogP) is 6.54. The van der Waals surface area contributed by atoms with Gasteiger partial charge in [0.2, 0.25) is 0 Å². The summed E-state index contributed by atoms with van der Waals surface area (Å²) in [7, 11) is 1.62. The van der Waals surface area contributed by atoms with Crippen LogP contribution >= 0.6 is 0 Å². The highest BCUT2D eigenvalue weighted by atomic mass is 16.5. The molecule has 2 aliphatic rings. The molecule has 0 saturated carbocycles. The van der Waals surface area contributed by atoms with Gasteiger partial charge in [0.1, 0.15) is 5.75 Å². The minimum Gasteiger partial charge on any atom is -0.497 e. The van der Waals surface area contributed by atoms with Gasteiger partial charge in [0.05, 0.1) is 24.5 Å². The van der Waals surface area contributed by atoms with Crippen molar-refractivity contribution in [1.29, 1.82) is 0 Å². The number of carbonyl (C=O) groups excluding carboxylic acids is 2. The number of fused-ring (bicyclic) bond motifs is 1. The number of ketones is 1. The van der Waals surface area contributed by atoms with Gasteiger partial charge in [-0.3, -0.25) is 9.69 Å². The van der Waals surface area contributed by atoms with Crippen LogP contribution in [0.2, 0.25) is 0 Å². The van der Waals surface area contributed by atoms with Crippen LogP contribution in [0.1, 0.15) is 38.3 Å². The maximum absolute atomic E-state index is 13.9. The van der Waals surface area contributed by atoms with Crippen molar-refractivity contribution in [2.24, 2.45) is 5.41 Å². The van der Waals surface area contributed by atoms with Crippen LogP contribution < -0.4 is 20.3 Å². The first-order valence-electron chi connectivity index (χ1n) is 11.8. The zero-order chi connectivity index (χ0) is 24.6. The number of allylic oxidation sites excluding steroid dienone is 1. The molecule has 1 aliphatic carbocycles. The van der Waals surface area contributed by atoms with Gasteiger partial charge >= 0.3 is 6.03 Å². The molecule has 5 rings (SSSR count). The molecule has 0 bridgehead atoms. The molecule has 2 amide bonds. The topological polar surface area (TPSA) is 70.7 Å². The first-order chi connectivity index (χ1) is 16.9. The Morgan fingerprint density at radius 3 is 2.37 bits per heavy atom. The van der Waals surface area contributed by atoms with Gasteiger partial charge in [-0.25, -0.2) is 4.79 Å². The molecule has 3 aromatic carbocycles. The fraction of sp³-hybridized carbons (Fsp3) is 0.241. The van der Waals surface area contributed by atoms with Gasteiger partial charge in [-0.05, 0) is 53.8 Å². The van der Waals surface area contributed by atoms with E-state index in [9.17, 15) is 9.59 Å². The number of benzene rings is 3. The number of carbonyl (C=O) groups is 2. The summed E-state index contributed by atoms with van der Waals surface area (Å²) in [5, 5.41) is 6.56. The number of anilines is 3. The zero-order valence-corrected chi connectivity index (χ0v) is 20.2. The maximum atomic E-state index is 13.9. The third-order valence-corrected chi connectivity index (χ3v) is 6.58. The first kappa shape index (κ1) is 22.7. The standard InChI is InChI=1S/C29H29N3O3/c1-29(2)17-23-26(25(33)18-29)27(19-13-15-21(35-3)16-14-19)32(24-12-8-7-11-22(24)31-23)28(34)30-20-9-5-4-6-10-20/h4-16,27,31H,17-18H2,1-3H3,(H,30,34)/t27-/m1/s1. The molecule has 0 fully saturated rings. The van der Waals surface area contributed by atoms with Crippen LogP contribution in [0, 0.1) is 5.41 Å². The minimum atomic E-state index is -0.598. The lowest BCUT2D eigenvalue weighted by atomic mass is 9.73. The molecule has 2 N–H and O–H groups in total. The lowest BCUT2D eigenvalue weighted by Gasteiger charge is -2.37. The molecule has 1 heterocycles. The second kappa shape index (κ2) is 8.95. The highest BCUT2D eigenvalue weighted by Crippen LogP contribution is 2.48. The van der Waals surface area contributed by atoms with Crippen LogP contribution in [0.4, 0.5) is 21.9 Å². The van der Waals surface area contributed by atoms with E-state index in [1.54, 1.807) is 12.0 Å². The normalized spacial score (nSPS) is 18.7. The van der Waals surface area contributed by atoms with Crippen molar-refractivity contribution < 1.29 is 14.3 Å². The van der Waals surface area contributed by atoms with Crippen molar-refractivity contribution in [3.8, 4) is 5.75 Å². The fourth-order valence-electron chi connectivity index (χ4n) is 5.02. The molecule has 1 atom stereocenters. The summed E-state index contributed by atoms with van der Waals surface area (Å²) in [6.45, 7) is 4.21. The lowest BCUT2D eigenvalue weighted by Crippen LogP contribution is -2.41. The highest BCUT2D eigenvalue weighted by molar-refractivity contribution is 6.09. The Labute approximate surface area is 205 Å². The molecular weight excluding hydrogens is 438 g/mol. The van der Waals surface area contributed by atoms with E-state index in [1.165, 1.54) is 0 Å². The summed E-state index contributed by atoms with van der Waals surface area (Å²) in [6, 6.07) is 23.7. The lowest BCUT2D eigenvalue weighted by molar-refractivity contribution is -0.118. The van der Waals surface area contributed by atoms with Crippen LogP contribution in [0.3, 0.4) is 0 Å². The largest absolute Gasteiger partial charge is 0.497 e. The SMILES string of the molecule is COc1ccc([C@@H]2C3=C(CC(C)(C)CC3=O)Nc3ccccc3N2C(=O)Nc2ccccc2)cc1. The van der Waals surface area contributed by atoms with Gasteiger partial charge in [0.15, 0.2) is 5.78 Å². The van der Waals surface area contributed by atoms with E-state index in [-0.39, 0.29) is 17.2 Å². The Bertz CT molecular complexity index is 1300. The number of Topliss-reactive ketones (excluding diaryl/α,β-unsaturated/α-hetero) is 1. The van der Waals surface area contributed by atoms with Gasteiger partial charge in [0, 0.05) is 23.4 Å².